The lowest BCUT2D eigenvalue weighted by atomic mass is 10.1. The number of halogens is 1. The van der Waals surface area contributed by atoms with E-state index < -0.39 is 0 Å². The van der Waals surface area contributed by atoms with Gasteiger partial charge in [0.25, 0.3) is 0 Å². The SMILES string of the molecule is CC(C(=O)NCc1cc(Br)cs1)C1CC1. The minimum absolute atomic E-state index is 0.188. The van der Waals surface area contributed by atoms with Gasteiger partial charge in [0.1, 0.15) is 0 Å². The van der Waals surface area contributed by atoms with Gasteiger partial charge in [-0.25, -0.2) is 0 Å². The second kappa shape index (κ2) is 4.66. The van der Waals surface area contributed by atoms with Crippen molar-refractivity contribution in [2.24, 2.45) is 11.8 Å². The predicted octanol–water partition coefficient (Wildman–Crippen LogP) is 3.17. The van der Waals surface area contributed by atoms with Crippen molar-refractivity contribution in [3.63, 3.8) is 0 Å². The van der Waals surface area contributed by atoms with Crippen molar-refractivity contribution in [2.75, 3.05) is 0 Å². The van der Waals surface area contributed by atoms with Crippen LogP contribution in [0, 0.1) is 11.8 Å². The van der Waals surface area contributed by atoms with Gasteiger partial charge in [-0.2, -0.15) is 0 Å². The quantitative estimate of drug-likeness (QED) is 0.906. The molecule has 1 atom stereocenters. The predicted molar refractivity (Wildman–Crippen MR) is 65.8 cm³/mol. The molecule has 0 spiro atoms. The summed E-state index contributed by atoms with van der Waals surface area (Å²) in [5.41, 5.74) is 0. The van der Waals surface area contributed by atoms with E-state index in [4.69, 9.17) is 0 Å². The third kappa shape index (κ3) is 3.05. The van der Waals surface area contributed by atoms with E-state index in [0.717, 1.165) is 4.47 Å². The van der Waals surface area contributed by atoms with Crippen molar-refractivity contribution in [3.05, 3.63) is 20.8 Å². The first kappa shape index (κ1) is 11.1. The van der Waals surface area contributed by atoms with Gasteiger partial charge in [0.15, 0.2) is 0 Å². The molecule has 0 radical (unpaired) electrons. The normalized spacial score (nSPS) is 17.5. The minimum atomic E-state index is 0.188. The molecule has 2 nitrogen and oxygen atoms in total. The standard InChI is InChI=1S/C11H14BrNOS/c1-7(8-2-3-8)11(14)13-5-10-4-9(12)6-15-10/h4,6-8H,2-3,5H2,1H3,(H,13,14). The van der Waals surface area contributed by atoms with E-state index >= 15 is 0 Å². The molecule has 1 saturated carbocycles. The fraction of sp³-hybridized carbons (Fsp3) is 0.545. The number of thiophene rings is 1. The summed E-state index contributed by atoms with van der Waals surface area (Å²) in [4.78, 5) is 12.9. The number of carbonyl (C=O) groups is 1. The number of hydrogen-bond donors (Lipinski definition) is 1. The molecule has 1 aromatic rings. The summed E-state index contributed by atoms with van der Waals surface area (Å²) < 4.78 is 1.09. The number of hydrogen-bond acceptors (Lipinski definition) is 2. The molecule has 82 valence electrons. The molecule has 1 unspecified atom stereocenters. The van der Waals surface area contributed by atoms with Gasteiger partial charge in [0.2, 0.25) is 5.91 Å². The van der Waals surface area contributed by atoms with Crippen LogP contribution in [0.1, 0.15) is 24.6 Å². The molecular formula is C11H14BrNOS. The third-order valence-electron chi connectivity index (χ3n) is 2.80. The van der Waals surface area contributed by atoms with E-state index in [1.807, 2.05) is 18.4 Å². The molecule has 0 aliphatic heterocycles. The average Bonchev–Trinajstić information content (AvgIpc) is 2.98. The minimum Gasteiger partial charge on any atom is -0.351 e. The largest absolute Gasteiger partial charge is 0.351 e. The molecule has 1 heterocycles. The van der Waals surface area contributed by atoms with Crippen LogP contribution in [-0.4, -0.2) is 5.91 Å². The van der Waals surface area contributed by atoms with Crippen molar-refractivity contribution in [3.8, 4) is 0 Å². The molecule has 0 aromatic carbocycles. The van der Waals surface area contributed by atoms with Crippen molar-refractivity contribution < 1.29 is 4.79 Å². The number of nitrogens with one attached hydrogen (secondary N) is 1. The summed E-state index contributed by atoms with van der Waals surface area (Å²) in [5.74, 6) is 1.02. The topological polar surface area (TPSA) is 29.1 Å². The molecular weight excluding hydrogens is 274 g/mol. The molecule has 0 saturated heterocycles. The number of amides is 1. The Balaban J connectivity index is 1.79. The van der Waals surface area contributed by atoms with Crippen LogP contribution in [0.25, 0.3) is 0 Å². The van der Waals surface area contributed by atoms with Crippen molar-refractivity contribution >= 4 is 33.2 Å². The van der Waals surface area contributed by atoms with Gasteiger partial charge in [0.05, 0.1) is 6.54 Å². The second-order valence-electron chi connectivity index (χ2n) is 4.08. The molecule has 0 bridgehead atoms. The Kier molecular flexibility index (Phi) is 3.46. The molecule has 2 rings (SSSR count). The van der Waals surface area contributed by atoms with Gasteiger partial charge in [-0.15, -0.1) is 11.3 Å². The van der Waals surface area contributed by atoms with Crippen LogP contribution in [0.15, 0.2) is 15.9 Å². The Morgan fingerprint density at radius 1 is 1.73 bits per heavy atom. The van der Waals surface area contributed by atoms with Crippen LogP contribution in [-0.2, 0) is 11.3 Å². The maximum atomic E-state index is 11.7. The zero-order chi connectivity index (χ0) is 10.8. The van der Waals surface area contributed by atoms with E-state index in [1.165, 1.54) is 17.7 Å². The van der Waals surface area contributed by atoms with E-state index in [0.29, 0.717) is 12.5 Å². The molecule has 1 N–H and O–H groups in total. The zero-order valence-corrected chi connectivity index (χ0v) is 11.0. The third-order valence-corrected chi connectivity index (χ3v) is 4.50. The van der Waals surface area contributed by atoms with Crippen LogP contribution in [0.5, 0.6) is 0 Å². The number of carbonyl (C=O) groups excluding carboxylic acids is 1. The monoisotopic (exact) mass is 287 g/mol. The van der Waals surface area contributed by atoms with Gasteiger partial charge < -0.3 is 5.32 Å². The zero-order valence-electron chi connectivity index (χ0n) is 8.63. The number of rotatable bonds is 4. The van der Waals surface area contributed by atoms with Crippen molar-refractivity contribution in [1.29, 1.82) is 0 Å². The molecule has 1 aliphatic carbocycles. The maximum Gasteiger partial charge on any atom is 0.223 e. The fourth-order valence-electron chi connectivity index (χ4n) is 1.59. The lowest BCUT2D eigenvalue weighted by Crippen LogP contribution is -2.29. The highest BCUT2D eigenvalue weighted by Crippen LogP contribution is 2.36. The summed E-state index contributed by atoms with van der Waals surface area (Å²) in [7, 11) is 0. The Morgan fingerprint density at radius 2 is 2.47 bits per heavy atom. The Hall–Kier alpha value is -0.350. The highest BCUT2D eigenvalue weighted by atomic mass is 79.9. The first-order valence-corrected chi connectivity index (χ1v) is 6.84. The lowest BCUT2D eigenvalue weighted by molar-refractivity contribution is -0.125. The van der Waals surface area contributed by atoms with Crippen LogP contribution < -0.4 is 5.32 Å². The van der Waals surface area contributed by atoms with Gasteiger partial charge in [0, 0.05) is 20.6 Å². The van der Waals surface area contributed by atoms with E-state index in [1.54, 1.807) is 11.3 Å². The van der Waals surface area contributed by atoms with E-state index in [9.17, 15) is 4.79 Å². The van der Waals surface area contributed by atoms with Gasteiger partial charge in [-0.05, 0) is 40.8 Å². The Labute approximate surface area is 102 Å². The highest BCUT2D eigenvalue weighted by molar-refractivity contribution is 9.10. The molecule has 1 amide bonds. The van der Waals surface area contributed by atoms with Crippen molar-refractivity contribution in [1.82, 2.24) is 5.32 Å². The van der Waals surface area contributed by atoms with Crippen LogP contribution in [0.3, 0.4) is 0 Å². The lowest BCUT2D eigenvalue weighted by Gasteiger charge is -2.09. The summed E-state index contributed by atoms with van der Waals surface area (Å²) in [6.45, 7) is 2.68. The second-order valence-corrected chi connectivity index (χ2v) is 5.99. The summed E-state index contributed by atoms with van der Waals surface area (Å²) in [6, 6.07) is 2.05. The Morgan fingerprint density at radius 3 is 3.00 bits per heavy atom. The molecule has 4 heteroatoms. The smallest absolute Gasteiger partial charge is 0.223 e. The van der Waals surface area contributed by atoms with Gasteiger partial charge in [-0.3, -0.25) is 4.79 Å². The molecule has 1 fully saturated rings. The van der Waals surface area contributed by atoms with Crippen LogP contribution >= 0.6 is 27.3 Å². The highest BCUT2D eigenvalue weighted by Gasteiger charge is 2.32. The maximum absolute atomic E-state index is 11.7. The fourth-order valence-corrected chi connectivity index (χ4v) is 2.98. The van der Waals surface area contributed by atoms with Gasteiger partial charge >= 0.3 is 0 Å². The van der Waals surface area contributed by atoms with E-state index in [-0.39, 0.29) is 11.8 Å². The van der Waals surface area contributed by atoms with Crippen LogP contribution in [0.4, 0.5) is 0 Å². The van der Waals surface area contributed by atoms with Gasteiger partial charge in [-0.1, -0.05) is 6.92 Å². The molecule has 1 aliphatic rings. The molecule has 1 aromatic heterocycles. The van der Waals surface area contributed by atoms with Crippen molar-refractivity contribution in [2.45, 2.75) is 26.3 Å². The summed E-state index contributed by atoms with van der Waals surface area (Å²) in [6.07, 6.45) is 2.44. The Bertz CT molecular complexity index is 359. The first-order chi connectivity index (χ1) is 7.16. The van der Waals surface area contributed by atoms with E-state index in [2.05, 4.69) is 21.2 Å². The average molecular weight is 288 g/mol. The first-order valence-electron chi connectivity index (χ1n) is 5.17. The van der Waals surface area contributed by atoms with Crippen LogP contribution in [0.2, 0.25) is 0 Å². The summed E-state index contributed by atoms with van der Waals surface area (Å²) in [5, 5.41) is 5.02. The summed E-state index contributed by atoms with van der Waals surface area (Å²) >= 11 is 5.06. The molecule has 15 heavy (non-hydrogen) atoms.